The van der Waals surface area contributed by atoms with Crippen molar-refractivity contribution < 1.29 is 0 Å². The molecule has 18 heavy (non-hydrogen) atoms. The molecule has 3 nitrogen and oxygen atoms in total. The number of rotatable bonds is 2. The standard InChI is InChI=1S/C14H11N3S/c15-14-17-12(10-4-2-1-3-5-10)13(18-14)11-6-8-16-9-7-11/h1-9H,(H2,15,17). The molecule has 2 N–H and O–H groups in total. The van der Waals surface area contributed by atoms with Gasteiger partial charge in [0.1, 0.15) is 0 Å². The summed E-state index contributed by atoms with van der Waals surface area (Å²) in [5.41, 5.74) is 8.96. The number of nitrogens with two attached hydrogens (primary N) is 1. The van der Waals surface area contributed by atoms with Crippen molar-refractivity contribution in [2.75, 3.05) is 5.73 Å². The Morgan fingerprint density at radius 3 is 2.33 bits per heavy atom. The number of benzene rings is 1. The number of nitrogen functional groups attached to an aromatic ring is 1. The summed E-state index contributed by atoms with van der Waals surface area (Å²) in [7, 11) is 0. The van der Waals surface area contributed by atoms with Crippen molar-refractivity contribution in [3.05, 3.63) is 54.9 Å². The molecular formula is C14H11N3S. The van der Waals surface area contributed by atoms with Crippen molar-refractivity contribution in [3.8, 4) is 21.7 Å². The maximum atomic E-state index is 5.85. The Bertz CT molecular complexity index is 590. The zero-order valence-electron chi connectivity index (χ0n) is 9.58. The molecule has 0 saturated heterocycles. The molecule has 3 rings (SSSR count). The molecule has 0 unspecified atom stereocenters. The normalized spacial score (nSPS) is 10.4. The van der Waals surface area contributed by atoms with E-state index in [0.29, 0.717) is 5.13 Å². The SMILES string of the molecule is Nc1nc(-c2ccccc2)c(-c2ccncc2)s1. The summed E-state index contributed by atoms with van der Waals surface area (Å²) < 4.78 is 0. The van der Waals surface area contributed by atoms with Gasteiger partial charge in [0.25, 0.3) is 0 Å². The third-order valence-electron chi connectivity index (χ3n) is 2.63. The van der Waals surface area contributed by atoms with Crippen molar-refractivity contribution >= 4 is 16.5 Å². The second-order valence-electron chi connectivity index (χ2n) is 3.83. The Labute approximate surface area is 109 Å². The summed E-state index contributed by atoms with van der Waals surface area (Å²) >= 11 is 1.50. The molecule has 0 radical (unpaired) electrons. The molecule has 0 bridgehead atoms. The third-order valence-corrected chi connectivity index (χ3v) is 3.57. The van der Waals surface area contributed by atoms with Gasteiger partial charge in [-0.1, -0.05) is 41.7 Å². The fourth-order valence-electron chi connectivity index (χ4n) is 1.83. The highest BCUT2D eigenvalue weighted by Crippen LogP contribution is 2.37. The Balaban J connectivity index is 2.17. The first kappa shape index (κ1) is 10.9. The van der Waals surface area contributed by atoms with E-state index in [4.69, 9.17) is 5.73 Å². The van der Waals surface area contributed by atoms with Crippen molar-refractivity contribution in [2.24, 2.45) is 0 Å². The van der Waals surface area contributed by atoms with E-state index in [-0.39, 0.29) is 0 Å². The molecule has 2 heterocycles. The lowest BCUT2D eigenvalue weighted by Gasteiger charge is -2.01. The highest BCUT2D eigenvalue weighted by atomic mass is 32.1. The highest BCUT2D eigenvalue weighted by Gasteiger charge is 2.12. The first-order valence-corrected chi connectivity index (χ1v) is 6.38. The monoisotopic (exact) mass is 253 g/mol. The number of anilines is 1. The van der Waals surface area contributed by atoms with Crippen LogP contribution in [0.15, 0.2) is 54.9 Å². The van der Waals surface area contributed by atoms with Crippen LogP contribution in [0.2, 0.25) is 0 Å². The molecule has 0 atom stereocenters. The van der Waals surface area contributed by atoms with E-state index in [1.165, 1.54) is 11.3 Å². The van der Waals surface area contributed by atoms with Gasteiger partial charge in [0, 0.05) is 18.0 Å². The summed E-state index contributed by atoms with van der Waals surface area (Å²) in [6.07, 6.45) is 3.56. The molecule has 2 aromatic heterocycles. The van der Waals surface area contributed by atoms with Crippen LogP contribution < -0.4 is 5.73 Å². The van der Waals surface area contributed by atoms with Gasteiger partial charge in [0.05, 0.1) is 10.6 Å². The maximum absolute atomic E-state index is 5.85. The van der Waals surface area contributed by atoms with Gasteiger partial charge >= 0.3 is 0 Å². The van der Waals surface area contributed by atoms with E-state index in [9.17, 15) is 0 Å². The average Bonchev–Trinajstić information content (AvgIpc) is 2.83. The molecule has 1 aromatic carbocycles. The molecule has 0 saturated carbocycles. The van der Waals surface area contributed by atoms with Crippen LogP contribution in [-0.2, 0) is 0 Å². The quantitative estimate of drug-likeness (QED) is 0.761. The number of thiazole rings is 1. The summed E-state index contributed by atoms with van der Waals surface area (Å²) in [4.78, 5) is 9.55. The molecule has 4 heteroatoms. The predicted octanol–water partition coefficient (Wildman–Crippen LogP) is 3.45. The zero-order valence-corrected chi connectivity index (χ0v) is 10.4. The van der Waals surface area contributed by atoms with Crippen molar-refractivity contribution in [1.82, 2.24) is 9.97 Å². The van der Waals surface area contributed by atoms with E-state index in [1.54, 1.807) is 12.4 Å². The molecule has 0 spiro atoms. The third kappa shape index (κ3) is 1.98. The fourth-order valence-corrected chi connectivity index (χ4v) is 2.69. The predicted molar refractivity (Wildman–Crippen MR) is 75.2 cm³/mol. The second kappa shape index (κ2) is 4.58. The number of pyridine rings is 1. The minimum absolute atomic E-state index is 0.584. The average molecular weight is 253 g/mol. The lowest BCUT2D eigenvalue weighted by Crippen LogP contribution is -1.84. The topological polar surface area (TPSA) is 51.8 Å². The van der Waals surface area contributed by atoms with Gasteiger partial charge in [-0.15, -0.1) is 0 Å². The van der Waals surface area contributed by atoms with E-state index >= 15 is 0 Å². The van der Waals surface area contributed by atoms with Crippen LogP contribution in [0.5, 0.6) is 0 Å². The van der Waals surface area contributed by atoms with Crippen LogP contribution in [0.25, 0.3) is 21.7 Å². The molecule has 0 aliphatic heterocycles. The number of hydrogen-bond acceptors (Lipinski definition) is 4. The van der Waals surface area contributed by atoms with E-state index in [1.807, 2.05) is 42.5 Å². The van der Waals surface area contributed by atoms with Crippen LogP contribution in [0.3, 0.4) is 0 Å². The van der Waals surface area contributed by atoms with Gasteiger partial charge in [-0.05, 0) is 17.7 Å². The van der Waals surface area contributed by atoms with Gasteiger partial charge < -0.3 is 5.73 Å². The highest BCUT2D eigenvalue weighted by molar-refractivity contribution is 7.19. The van der Waals surface area contributed by atoms with Crippen LogP contribution in [-0.4, -0.2) is 9.97 Å². The van der Waals surface area contributed by atoms with Crippen LogP contribution in [0, 0.1) is 0 Å². The molecule has 88 valence electrons. The maximum Gasteiger partial charge on any atom is 0.181 e. The van der Waals surface area contributed by atoms with E-state index in [0.717, 1.165) is 21.7 Å². The van der Waals surface area contributed by atoms with Crippen molar-refractivity contribution in [1.29, 1.82) is 0 Å². The largest absolute Gasteiger partial charge is 0.375 e. The van der Waals surface area contributed by atoms with Crippen LogP contribution in [0.1, 0.15) is 0 Å². The van der Waals surface area contributed by atoms with Gasteiger partial charge in [-0.25, -0.2) is 4.98 Å². The number of hydrogen-bond donors (Lipinski definition) is 1. The van der Waals surface area contributed by atoms with Gasteiger partial charge in [-0.3, -0.25) is 4.98 Å². The van der Waals surface area contributed by atoms with Gasteiger partial charge in [0.15, 0.2) is 5.13 Å². The number of nitrogens with zero attached hydrogens (tertiary/aromatic N) is 2. The van der Waals surface area contributed by atoms with Gasteiger partial charge in [0.2, 0.25) is 0 Å². The minimum atomic E-state index is 0.584. The first-order valence-electron chi connectivity index (χ1n) is 5.57. The Morgan fingerprint density at radius 2 is 1.61 bits per heavy atom. The molecule has 0 fully saturated rings. The number of aromatic nitrogens is 2. The van der Waals surface area contributed by atoms with E-state index < -0.39 is 0 Å². The van der Waals surface area contributed by atoms with Crippen LogP contribution >= 0.6 is 11.3 Å². The smallest absolute Gasteiger partial charge is 0.181 e. The zero-order chi connectivity index (χ0) is 12.4. The fraction of sp³-hybridized carbons (Fsp3) is 0. The first-order chi connectivity index (χ1) is 8.84. The Hall–Kier alpha value is -2.20. The van der Waals surface area contributed by atoms with E-state index in [2.05, 4.69) is 9.97 Å². The Kier molecular flexibility index (Phi) is 2.78. The molecular weight excluding hydrogens is 242 g/mol. The molecule has 0 amide bonds. The van der Waals surface area contributed by atoms with Crippen molar-refractivity contribution in [3.63, 3.8) is 0 Å². The summed E-state index contributed by atoms with van der Waals surface area (Å²) in [5, 5.41) is 0.584. The lowest BCUT2D eigenvalue weighted by molar-refractivity contribution is 1.33. The van der Waals surface area contributed by atoms with Crippen LogP contribution in [0.4, 0.5) is 5.13 Å². The van der Waals surface area contributed by atoms with Crippen molar-refractivity contribution in [2.45, 2.75) is 0 Å². The Morgan fingerprint density at radius 1 is 0.889 bits per heavy atom. The molecule has 3 aromatic rings. The molecule has 0 aliphatic carbocycles. The van der Waals surface area contributed by atoms with Gasteiger partial charge in [-0.2, -0.15) is 0 Å². The molecule has 0 aliphatic rings. The summed E-state index contributed by atoms with van der Waals surface area (Å²) in [5.74, 6) is 0. The minimum Gasteiger partial charge on any atom is -0.375 e. The summed E-state index contributed by atoms with van der Waals surface area (Å²) in [6.45, 7) is 0. The lowest BCUT2D eigenvalue weighted by atomic mass is 10.1. The second-order valence-corrected chi connectivity index (χ2v) is 4.86. The summed E-state index contributed by atoms with van der Waals surface area (Å²) in [6, 6.07) is 14.0.